The lowest BCUT2D eigenvalue weighted by Crippen LogP contribution is -1.99. The number of benzene rings is 2. The molecular formula is C18H20O3. The Balaban J connectivity index is 2.23. The van der Waals surface area contributed by atoms with Gasteiger partial charge in [0.05, 0.1) is 12.2 Å². The molecule has 0 radical (unpaired) electrons. The molecule has 0 heterocycles. The van der Waals surface area contributed by atoms with E-state index in [0.29, 0.717) is 29.4 Å². The third-order valence-corrected chi connectivity index (χ3v) is 3.12. The molecular weight excluding hydrogens is 264 g/mol. The van der Waals surface area contributed by atoms with Gasteiger partial charge < -0.3 is 9.47 Å². The van der Waals surface area contributed by atoms with E-state index in [9.17, 15) is 4.79 Å². The molecule has 0 atom stereocenters. The van der Waals surface area contributed by atoms with Crippen LogP contribution in [0, 0.1) is 6.92 Å². The zero-order valence-corrected chi connectivity index (χ0v) is 12.5. The van der Waals surface area contributed by atoms with Crippen LogP contribution in [0.5, 0.6) is 17.2 Å². The zero-order chi connectivity index (χ0) is 15.1. The van der Waals surface area contributed by atoms with Crippen LogP contribution in [0.4, 0.5) is 0 Å². The smallest absolute Gasteiger partial charge is 0.169 e. The second kappa shape index (κ2) is 7.48. The van der Waals surface area contributed by atoms with Crippen LogP contribution in [0.2, 0.25) is 0 Å². The van der Waals surface area contributed by atoms with Gasteiger partial charge in [0.1, 0.15) is 5.75 Å². The molecule has 3 heteroatoms. The molecule has 0 N–H and O–H groups in total. The minimum Gasteiger partial charge on any atom is -0.490 e. The predicted octanol–water partition coefficient (Wildman–Crippen LogP) is 4.78. The molecule has 3 nitrogen and oxygen atoms in total. The molecule has 0 aliphatic rings. The van der Waals surface area contributed by atoms with Gasteiger partial charge in [0.2, 0.25) is 0 Å². The minimum absolute atomic E-state index is 0.531. The van der Waals surface area contributed by atoms with Crippen LogP contribution in [0.15, 0.2) is 42.5 Å². The molecule has 0 spiro atoms. The number of hydrogen-bond donors (Lipinski definition) is 0. The Morgan fingerprint density at radius 1 is 1.05 bits per heavy atom. The lowest BCUT2D eigenvalue weighted by Gasteiger charge is -2.13. The first kappa shape index (κ1) is 15.1. The molecule has 21 heavy (non-hydrogen) atoms. The summed E-state index contributed by atoms with van der Waals surface area (Å²) < 4.78 is 11.6. The molecule has 0 saturated carbocycles. The number of unbranched alkanes of at least 4 members (excludes halogenated alkanes) is 1. The molecule has 2 aromatic rings. The van der Waals surface area contributed by atoms with Crippen LogP contribution in [0.3, 0.4) is 0 Å². The number of ether oxygens (including phenoxy) is 2. The standard InChI is InChI=1S/C18H20O3/c1-3-4-11-20-16-7-5-6-8-17(16)21-18-12-14(2)9-10-15(18)13-19/h5-10,12-13H,3-4,11H2,1-2H3. The van der Waals surface area contributed by atoms with E-state index in [4.69, 9.17) is 9.47 Å². The normalized spacial score (nSPS) is 10.2. The highest BCUT2D eigenvalue weighted by molar-refractivity contribution is 5.79. The largest absolute Gasteiger partial charge is 0.490 e. The Kier molecular flexibility index (Phi) is 5.38. The Labute approximate surface area is 125 Å². The first-order valence-corrected chi connectivity index (χ1v) is 7.20. The van der Waals surface area contributed by atoms with Crippen molar-refractivity contribution in [2.24, 2.45) is 0 Å². The first-order chi connectivity index (χ1) is 10.2. The van der Waals surface area contributed by atoms with Crippen molar-refractivity contribution in [2.45, 2.75) is 26.7 Å². The topological polar surface area (TPSA) is 35.5 Å². The second-order valence-corrected chi connectivity index (χ2v) is 4.91. The van der Waals surface area contributed by atoms with Crippen molar-refractivity contribution in [3.63, 3.8) is 0 Å². The molecule has 0 saturated heterocycles. The lowest BCUT2D eigenvalue weighted by molar-refractivity contribution is 0.112. The maximum atomic E-state index is 11.1. The van der Waals surface area contributed by atoms with Gasteiger partial charge >= 0.3 is 0 Å². The van der Waals surface area contributed by atoms with Crippen molar-refractivity contribution in [1.29, 1.82) is 0 Å². The number of hydrogen-bond acceptors (Lipinski definition) is 3. The summed E-state index contributed by atoms with van der Waals surface area (Å²) in [5, 5.41) is 0. The van der Waals surface area contributed by atoms with E-state index >= 15 is 0 Å². The van der Waals surface area contributed by atoms with Crippen molar-refractivity contribution in [3.8, 4) is 17.2 Å². The molecule has 0 fully saturated rings. The van der Waals surface area contributed by atoms with Gasteiger partial charge in [-0.15, -0.1) is 0 Å². The quantitative estimate of drug-likeness (QED) is 0.542. The van der Waals surface area contributed by atoms with E-state index in [-0.39, 0.29) is 0 Å². The van der Waals surface area contributed by atoms with E-state index in [0.717, 1.165) is 24.7 Å². The summed E-state index contributed by atoms with van der Waals surface area (Å²) in [6, 6.07) is 13.0. The Bertz CT molecular complexity index is 605. The zero-order valence-electron chi connectivity index (χ0n) is 12.5. The molecule has 2 rings (SSSR count). The predicted molar refractivity (Wildman–Crippen MR) is 83.5 cm³/mol. The van der Waals surface area contributed by atoms with Gasteiger partial charge in [0.25, 0.3) is 0 Å². The van der Waals surface area contributed by atoms with Crippen molar-refractivity contribution in [3.05, 3.63) is 53.6 Å². The number of rotatable bonds is 7. The van der Waals surface area contributed by atoms with Gasteiger partial charge in [0.15, 0.2) is 17.8 Å². The van der Waals surface area contributed by atoms with Crippen molar-refractivity contribution in [2.75, 3.05) is 6.61 Å². The summed E-state index contributed by atoms with van der Waals surface area (Å²) in [7, 11) is 0. The van der Waals surface area contributed by atoms with Crippen molar-refractivity contribution in [1.82, 2.24) is 0 Å². The van der Waals surface area contributed by atoms with Gasteiger partial charge in [-0.25, -0.2) is 0 Å². The summed E-state index contributed by atoms with van der Waals surface area (Å²) in [5.74, 6) is 1.88. The molecule has 0 aliphatic heterocycles. The van der Waals surface area contributed by atoms with Crippen LogP contribution in [0.25, 0.3) is 0 Å². The Morgan fingerprint density at radius 2 is 1.81 bits per heavy atom. The molecule has 0 bridgehead atoms. The number of carbonyl (C=O) groups excluding carboxylic acids is 1. The van der Waals surface area contributed by atoms with Crippen molar-refractivity contribution >= 4 is 6.29 Å². The number of aldehydes is 1. The molecule has 0 aliphatic carbocycles. The number of aryl methyl sites for hydroxylation is 1. The van der Waals surface area contributed by atoms with Gasteiger partial charge in [-0.05, 0) is 43.2 Å². The van der Waals surface area contributed by atoms with Gasteiger partial charge in [-0.1, -0.05) is 31.5 Å². The van der Waals surface area contributed by atoms with Crippen molar-refractivity contribution < 1.29 is 14.3 Å². The third kappa shape index (κ3) is 4.09. The van der Waals surface area contributed by atoms with E-state index in [1.54, 1.807) is 6.07 Å². The fourth-order valence-corrected chi connectivity index (χ4v) is 1.93. The first-order valence-electron chi connectivity index (χ1n) is 7.20. The minimum atomic E-state index is 0.531. The van der Waals surface area contributed by atoms with E-state index in [2.05, 4.69) is 6.92 Å². The highest BCUT2D eigenvalue weighted by Gasteiger charge is 2.09. The van der Waals surface area contributed by atoms with Crippen LogP contribution in [0.1, 0.15) is 35.7 Å². The van der Waals surface area contributed by atoms with Crippen LogP contribution in [-0.4, -0.2) is 12.9 Å². The molecule has 2 aromatic carbocycles. The number of carbonyl (C=O) groups is 1. The monoisotopic (exact) mass is 284 g/mol. The van der Waals surface area contributed by atoms with Gasteiger partial charge in [-0.2, -0.15) is 0 Å². The summed E-state index contributed by atoms with van der Waals surface area (Å²) in [6.45, 7) is 4.74. The maximum absolute atomic E-state index is 11.1. The molecule has 0 unspecified atom stereocenters. The van der Waals surface area contributed by atoms with E-state index in [1.165, 1.54) is 0 Å². The summed E-state index contributed by atoms with van der Waals surface area (Å²) >= 11 is 0. The average Bonchev–Trinajstić information content (AvgIpc) is 2.49. The SMILES string of the molecule is CCCCOc1ccccc1Oc1cc(C)ccc1C=O. The van der Waals surface area contributed by atoms with Crippen LogP contribution >= 0.6 is 0 Å². The Hall–Kier alpha value is -2.29. The Morgan fingerprint density at radius 3 is 2.52 bits per heavy atom. The summed E-state index contributed by atoms with van der Waals surface area (Å²) in [5.41, 5.74) is 1.57. The van der Waals surface area contributed by atoms with Gasteiger partial charge in [0, 0.05) is 0 Å². The maximum Gasteiger partial charge on any atom is 0.169 e. The van der Waals surface area contributed by atoms with E-state index in [1.807, 2.05) is 43.3 Å². The number of para-hydroxylation sites is 2. The fourth-order valence-electron chi connectivity index (χ4n) is 1.93. The fraction of sp³-hybridized carbons (Fsp3) is 0.278. The third-order valence-electron chi connectivity index (χ3n) is 3.12. The van der Waals surface area contributed by atoms with Gasteiger partial charge in [-0.3, -0.25) is 4.79 Å². The highest BCUT2D eigenvalue weighted by atomic mass is 16.5. The van der Waals surface area contributed by atoms with Crippen LogP contribution in [-0.2, 0) is 0 Å². The molecule has 0 amide bonds. The summed E-state index contributed by atoms with van der Waals surface area (Å²) in [6.07, 6.45) is 2.88. The second-order valence-electron chi connectivity index (χ2n) is 4.91. The molecule has 0 aromatic heterocycles. The highest BCUT2D eigenvalue weighted by Crippen LogP contribution is 2.33. The molecule has 110 valence electrons. The van der Waals surface area contributed by atoms with E-state index < -0.39 is 0 Å². The lowest BCUT2D eigenvalue weighted by atomic mass is 10.1. The van der Waals surface area contributed by atoms with Crippen LogP contribution < -0.4 is 9.47 Å². The average molecular weight is 284 g/mol. The summed E-state index contributed by atoms with van der Waals surface area (Å²) in [4.78, 5) is 11.1.